The van der Waals surface area contributed by atoms with Crippen molar-refractivity contribution in [2.45, 2.75) is 37.8 Å². The smallest absolute Gasteiger partial charge is 0.0666 e. The number of aliphatic hydroxyl groups is 1. The fourth-order valence-corrected chi connectivity index (χ4v) is 1.86. The van der Waals surface area contributed by atoms with Gasteiger partial charge in [-0.1, -0.05) is 30.3 Å². The summed E-state index contributed by atoms with van der Waals surface area (Å²) in [5.74, 6) is 0. The van der Waals surface area contributed by atoms with E-state index < -0.39 is 5.54 Å². The molecule has 0 spiro atoms. The van der Waals surface area contributed by atoms with Gasteiger partial charge in [-0.05, 0) is 32.3 Å². The van der Waals surface area contributed by atoms with Crippen LogP contribution in [0.1, 0.15) is 32.3 Å². The maximum Gasteiger partial charge on any atom is 0.0666 e. The molecule has 0 fully saturated rings. The molecule has 20 heavy (non-hydrogen) atoms. The van der Waals surface area contributed by atoms with Crippen molar-refractivity contribution in [1.82, 2.24) is 0 Å². The Balaban J connectivity index is 2.39. The van der Waals surface area contributed by atoms with Crippen LogP contribution in [0.2, 0.25) is 0 Å². The van der Waals surface area contributed by atoms with Crippen molar-refractivity contribution >= 4 is 0 Å². The van der Waals surface area contributed by atoms with Crippen molar-refractivity contribution in [3.63, 3.8) is 0 Å². The van der Waals surface area contributed by atoms with E-state index >= 15 is 0 Å². The van der Waals surface area contributed by atoms with E-state index in [0.717, 1.165) is 12.0 Å². The van der Waals surface area contributed by atoms with E-state index in [1.165, 1.54) is 0 Å². The van der Waals surface area contributed by atoms with E-state index in [-0.39, 0.29) is 12.2 Å². The summed E-state index contributed by atoms with van der Waals surface area (Å²) in [4.78, 5) is 0. The van der Waals surface area contributed by atoms with Crippen molar-refractivity contribution < 1.29 is 14.6 Å². The number of methoxy groups -OCH3 is 1. The van der Waals surface area contributed by atoms with Crippen molar-refractivity contribution in [3.05, 3.63) is 35.9 Å². The molecule has 0 amide bonds. The number of aliphatic hydroxyl groups excluding tert-OH is 1. The van der Waals surface area contributed by atoms with Gasteiger partial charge in [0.1, 0.15) is 0 Å². The average Bonchev–Trinajstić information content (AvgIpc) is 2.47. The Morgan fingerprint density at radius 2 is 1.70 bits per heavy atom. The zero-order chi connectivity index (χ0) is 15.1. The fourth-order valence-electron chi connectivity index (χ4n) is 1.86. The molecule has 1 aromatic carbocycles. The van der Waals surface area contributed by atoms with Crippen molar-refractivity contribution in [2.24, 2.45) is 5.73 Å². The quantitative estimate of drug-likeness (QED) is 0.680. The summed E-state index contributed by atoms with van der Waals surface area (Å²) in [6.45, 7) is 5.11. The second-order valence-electron chi connectivity index (χ2n) is 5.76. The molecule has 1 atom stereocenters. The molecule has 0 aliphatic heterocycles. The van der Waals surface area contributed by atoms with E-state index in [4.69, 9.17) is 15.2 Å². The molecule has 0 radical (unpaired) electrons. The van der Waals surface area contributed by atoms with E-state index in [1.807, 2.05) is 44.2 Å². The predicted molar refractivity (Wildman–Crippen MR) is 80.5 cm³/mol. The molecule has 0 aliphatic carbocycles. The highest BCUT2D eigenvalue weighted by atomic mass is 16.5. The molecule has 0 bridgehead atoms. The third kappa shape index (κ3) is 5.21. The van der Waals surface area contributed by atoms with Crippen LogP contribution in [0, 0.1) is 0 Å². The van der Waals surface area contributed by atoms with Gasteiger partial charge in [0.15, 0.2) is 0 Å². The summed E-state index contributed by atoms with van der Waals surface area (Å²) in [5.41, 5.74) is 6.28. The molecule has 0 saturated carbocycles. The third-order valence-electron chi connectivity index (χ3n) is 3.72. The Morgan fingerprint density at radius 3 is 2.25 bits per heavy atom. The predicted octanol–water partition coefficient (Wildman–Crippen LogP) is 2.05. The van der Waals surface area contributed by atoms with Gasteiger partial charge < -0.3 is 20.3 Å². The summed E-state index contributed by atoms with van der Waals surface area (Å²) in [5, 5.41) is 9.56. The molecule has 1 aromatic rings. The van der Waals surface area contributed by atoms with Crippen LogP contribution in [-0.4, -0.2) is 37.6 Å². The van der Waals surface area contributed by atoms with Crippen LogP contribution in [0.3, 0.4) is 0 Å². The molecule has 0 aromatic heterocycles. The Kier molecular flexibility index (Phi) is 6.62. The van der Waals surface area contributed by atoms with Crippen LogP contribution >= 0.6 is 0 Å². The first-order valence-corrected chi connectivity index (χ1v) is 7.02. The van der Waals surface area contributed by atoms with Gasteiger partial charge in [0, 0.05) is 20.3 Å². The minimum atomic E-state index is -0.738. The molecule has 1 unspecified atom stereocenters. The van der Waals surface area contributed by atoms with Crippen LogP contribution in [0.15, 0.2) is 30.3 Å². The minimum Gasteiger partial charge on any atom is -0.394 e. The first kappa shape index (κ1) is 17.1. The Labute approximate surface area is 121 Å². The fraction of sp³-hybridized carbons (Fsp3) is 0.625. The van der Waals surface area contributed by atoms with E-state index in [0.29, 0.717) is 19.6 Å². The van der Waals surface area contributed by atoms with E-state index in [1.54, 1.807) is 7.11 Å². The van der Waals surface area contributed by atoms with Gasteiger partial charge in [-0.15, -0.1) is 0 Å². The van der Waals surface area contributed by atoms with Crippen molar-refractivity contribution in [3.8, 4) is 0 Å². The van der Waals surface area contributed by atoms with Crippen LogP contribution in [0.4, 0.5) is 0 Å². The number of hydrogen-bond acceptors (Lipinski definition) is 4. The minimum absolute atomic E-state index is 0.0933. The van der Waals surface area contributed by atoms with Gasteiger partial charge in [-0.3, -0.25) is 0 Å². The highest BCUT2D eigenvalue weighted by Crippen LogP contribution is 2.21. The molecule has 0 aliphatic rings. The lowest BCUT2D eigenvalue weighted by molar-refractivity contribution is -0.0126. The van der Waals surface area contributed by atoms with Crippen LogP contribution in [0.25, 0.3) is 0 Å². The first-order valence-electron chi connectivity index (χ1n) is 7.02. The first-order chi connectivity index (χ1) is 9.43. The zero-order valence-corrected chi connectivity index (χ0v) is 12.8. The monoisotopic (exact) mass is 281 g/mol. The lowest BCUT2D eigenvalue weighted by Crippen LogP contribution is -2.41. The Morgan fingerprint density at radius 1 is 1.10 bits per heavy atom. The lowest BCUT2D eigenvalue weighted by Gasteiger charge is -2.28. The largest absolute Gasteiger partial charge is 0.394 e. The van der Waals surface area contributed by atoms with Crippen molar-refractivity contribution in [2.75, 3.05) is 26.9 Å². The highest BCUT2D eigenvalue weighted by molar-refractivity contribution is 5.23. The van der Waals surface area contributed by atoms with Gasteiger partial charge in [-0.25, -0.2) is 0 Å². The van der Waals surface area contributed by atoms with Crippen LogP contribution in [-0.2, 0) is 15.0 Å². The van der Waals surface area contributed by atoms with E-state index in [9.17, 15) is 5.11 Å². The summed E-state index contributed by atoms with van der Waals surface area (Å²) >= 11 is 0. The molecule has 4 nitrogen and oxygen atoms in total. The SMILES string of the molecule is COC(C)(C)CCOCCC(N)(CO)c1ccccc1. The second kappa shape index (κ2) is 7.74. The molecular formula is C16H27NO3. The standard InChI is InChI=1S/C16H27NO3/c1-15(2,19-3)9-11-20-12-10-16(17,13-18)14-7-5-4-6-8-14/h4-8,18H,9-13,17H2,1-3H3. The Hall–Kier alpha value is -0.940. The van der Waals surface area contributed by atoms with Gasteiger partial charge in [-0.2, -0.15) is 0 Å². The van der Waals surface area contributed by atoms with E-state index in [2.05, 4.69) is 0 Å². The number of hydrogen-bond donors (Lipinski definition) is 2. The molecule has 3 N–H and O–H groups in total. The summed E-state index contributed by atoms with van der Waals surface area (Å²) in [6.07, 6.45) is 1.41. The molecular weight excluding hydrogens is 254 g/mol. The molecule has 0 saturated heterocycles. The van der Waals surface area contributed by atoms with Gasteiger partial charge in [0.25, 0.3) is 0 Å². The topological polar surface area (TPSA) is 64.7 Å². The van der Waals surface area contributed by atoms with Crippen molar-refractivity contribution in [1.29, 1.82) is 0 Å². The number of rotatable bonds is 9. The molecule has 4 heteroatoms. The lowest BCUT2D eigenvalue weighted by atomic mass is 9.89. The normalized spacial score (nSPS) is 15.1. The van der Waals surface area contributed by atoms with Crippen LogP contribution < -0.4 is 5.73 Å². The third-order valence-corrected chi connectivity index (χ3v) is 3.72. The maximum atomic E-state index is 9.56. The summed E-state index contributed by atoms with van der Waals surface area (Å²) < 4.78 is 11.0. The van der Waals surface area contributed by atoms with Gasteiger partial charge >= 0.3 is 0 Å². The number of benzene rings is 1. The number of ether oxygens (including phenoxy) is 2. The summed E-state index contributed by atoms with van der Waals surface area (Å²) in [7, 11) is 1.70. The zero-order valence-electron chi connectivity index (χ0n) is 12.8. The highest BCUT2D eigenvalue weighted by Gasteiger charge is 2.26. The van der Waals surface area contributed by atoms with Crippen LogP contribution in [0.5, 0.6) is 0 Å². The molecule has 1 rings (SSSR count). The van der Waals surface area contributed by atoms with Gasteiger partial charge in [0.2, 0.25) is 0 Å². The molecule has 114 valence electrons. The Bertz CT molecular complexity index is 381. The second-order valence-corrected chi connectivity index (χ2v) is 5.76. The maximum absolute atomic E-state index is 9.56. The van der Waals surface area contributed by atoms with Gasteiger partial charge in [0.05, 0.1) is 17.7 Å². The molecule has 0 heterocycles. The summed E-state index contributed by atoms with van der Waals surface area (Å²) in [6, 6.07) is 9.66. The average molecular weight is 281 g/mol. The number of nitrogens with two attached hydrogens (primary N) is 1.